The summed E-state index contributed by atoms with van der Waals surface area (Å²) >= 11 is 0. The van der Waals surface area contributed by atoms with E-state index in [9.17, 15) is 46.2 Å². The Morgan fingerprint density at radius 2 is 1.00 bits per heavy atom. The molecule has 0 spiro atoms. The van der Waals surface area contributed by atoms with E-state index in [1.165, 1.54) is 47.2 Å². The van der Waals surface area contributed by atoms with Crippen molar-refractivity contribution in [2.75, 3.05) is 66.8 Å². The van der Waals surface area contributed by atoms with Crippen molar-refractivity contribution in [3.63, 3.8) is 0 Å². The Kier molecular flexibility index (Phi) is 15.9. The van der Waals surface area contributed by atoms with Crippen LogP contribution in [0.4, 0.5) is 0 Å². The van der Waals surface area contributed by atoms with Gasteiger partial charge in [-0.1, -0.05) is 24.3 Å². The second kappa shape index (κ2) is 21.4. The summed E-state index contributed by atoms with van der Waals surface area (Å²) in [5, 5.41) is 51.8. The molecule has 0 saturated heterocycles. The molecule has 4 amide bonds. The van der Waals surface area contributed by atoms with Gasteiger partial charge >= 0.3 is 0 Å². The number of carbonyl (C=O) groups excluding carboxylic acids is 4. The smallest absolute Gasteiger partial charge is 0.272 e. The van der Waals surface area contributed by atoms with Crippen LogP contribution < -0.4 is 10.6 Å². The number of nitrogens with zero attached hydrogens (tertiary/aromatic N) is 8. The molecule has 4 aliphatic rings. The summed E-state index contributed by atoms with van der Waals surface area (Å²) in [6.45, 7) is 2.49. The van der Waals surface area contributed by atoms with E-state index in [2.05, 4.69) is 20.8 Å². The Balaban J connectivity index is 0.000000216. The van der Waals surface area contributed by atoms with E-state index in [4.69, 9.17) is 20.0 Å². The number of nitrogens with one attached hydrogen (secondary N) is 2. The highest BCUT2D eigenvalue weighted by Gasteiger charge is 2.63. The van der Waals surface area contributed by atoms with Gasteiger partial charge in [0, 0.05) is 78.7 Å². The van der Waals surface area contributed by atoms with Gasteiger partial charge in [-0.25, -0.2) is 16.8 Å². The molecule has 2 aliphatic heterocycles. The van der Waals surface area contributed by atoms with Gasteiger partial charge in [0.05, 0.1) is 59.2 Å². The largest absolute Gasteiger partial charge is 0.395 e. The second-order valence-corrected chi connectivity index (χ2v) is 25.7. The van der Waals surface area contributed by atoms with E-state index in [0.717, 1.165) is 11.1 Å². The van der Waals surface area contributed by atoms with E-state index in [1.807, 2.05) is 12.1 Å². The molecule has 74 heavy (non-hydrogen) atoms. The zero-order valence-electron chi connectivity index (χ0n) is 42.3. The number of amides is 4. The lowest BCUT2D eigenvalue weighted by atomic mass is 10.0. The van der Waals surface area contributed by atoms with Gasteiger partial charge in [0.1, 0.15) is 20.9 Å². The summed E-state index contributed by atoms with van der Waals surface area (Å²) in [7, 11) is -1.71. The van der Waals surface area contributed by atoms with Crippen molar-refractivity contribution in [3.05, 3.63) is 105 Å². The monoisotopic (exact) mass is 1060 g/mol. The number of fused-ring (bicyclic) bond motifs is 2. The third-order valence-corrected chi connectivity index (χ3v) is 21.1. The number of hydrogen-bond donors (Lipinski definition) is 4. The lowest BCUT2D eigenvalue weighted by Crippen LogP contribution is -2.54. The van der Waals surface area contributed by atoms with Crippen LogP contribution in [0.5, 0.6) is 0 Å². The Labute approximate surface area is 430 Å². The molecule has 2 fully saturated rings. The predicted octanol–water partition coefficient (Wildman–Crippen LogP) is 1.13. The quantitative estimate of drug-likeness (QED) is 0.0964. The maximum Gasteiger partial charge on any atom is 0.272 e. The number of aliphatic hydroxyl groups excluding tert-OH is 2. The highest BCUT2D eigenvalue weighted by atomic mass is 32.2. The number of aryl methyl sites for hydroxylation is 2. The van der Waals surface area contributed by atoms with Crippen LogP contribution >= 0.6 is 0 Å². The first-order valence-electron chi connectivity index (χ1n) is 24.0. The molecule has 2 unspecified atom stereocenters. The summed E-state index contributed by atoms with van der Waals surface area (Å²) in [4.78, 5) is 55.7. The zero-order chi connectivity index (χ0) is 54.0. The number of nitriles is 2. The molecular formula is C50H62N10O12S2. The third-order valence-electron chi connectivity index (χ3n) is 14.6. The Morgan fingerprint density at radius 3 is 1.28 bits per heavy atom. The zero-order valence-corrected chi connectivity index (χ0v) is 43.9. The number of ether oxygens (including phenoxy) is 2. The molecule has 396 valence electrons. The molecule has 4 heterocycles. The van der Waals surface area contributed by atoms with Crippen molar-refractivity contribution in [2.45, 2.75) is 84.5 Å². The molecule has 0 radical (unpaired) electrons. The normalized spacial score (nSPS) is 18.0. The molecular weight excluding hydrogens is 997 g/mol. The molecule has 8 rings (SSSR count). The van der Waals surface area contributed by atoms with Crippen LogP contribution in [0.2, 0.25) is 0 Å². The number of sulfone groups is 2. The first kappa shape index (κ1) is 55.2. The van der Waals surface area contributed by atoms with Crippen LogP contribution in [0.1, 0.15) is 115 Å². The summed E-state index contributed by atoms with van der Waals surface area (Å²) in [6.07, 6.45) is 2.33. The fraction of sp³-hybridized carbons (Fsp3) is 0.520. The number of hydrogen-bond acceptors (Lipinski definition) is 16. The van der Waals surface area contributed by atoms with Crippen molar-refractivity contribution in [1.29, 1.82) is 10.5 Å². The minimum atomic E-state index is -3.83. The average Bonchev–Trinajstić information content (AvgIpc) is 4.31. The van der Waals surface area contributed by atoms with Crippen molar-refractivity contribution in [2.24, 2.45) is 14.1 Å². The number of aromatic nitrogens is 4. The van der Waals surface area contributed by atoms with Crippen molar-refractivity contribution in [3.8, 4) is 12.1 Å². The van der Waals surface area contributed by atoms with E-state index in [1.54, 1.807) is 62.6 Å². The fourth-order valence-electron chi connectivity index (χ4n) is 9.80. The summed E-state index contributed by atoms with van der Waals surface area (Å²) in [6, 6.07) is 17.8. The van der Waals surface area contributed by atoms with Gasteiger partial charge in [0.2, 0.25) is 0 Å². The minimum absolute atomic E-state index is 0.0122. The second-order valence-electron chi connectivity index (χ2n) is 20.0. The molecule has 2 atom stereocenters. The van der Waals surface area contributed by atoms with Gasteiger partial charge in [0.25, 0.3) is 23.6 Å². The maximum absolute atomic E-state index is 13.5. The SMILES string of the molecule is COCC(C)(CO)S(=O)(=O)C1(CN2CCc3c(C(=O)NCc4ccc(C#N)cc4)nn(C)c3C2=O)CC1.COCC(C)(CO)S(=O)(=O)C1(CN2CCc3c(C(=O)NCc4ccc(C#N)cc4)nn(C)c3C2=O)CC1. The third kappa shape index (κ3) is 10.2. The Hall–Kier alpha value is -6.54. The minimum Gasteiger partial charge on any atom is -0.395 e. The molecule has 4 N–H and O–H groups in total. The molecule has 2 saturated carbocycles. The molecule has 2 aliphatic carbocycles. The number of methoxy groups -OCH3 is 2. The first-order chi connectivity index (χ1) is 35.0. The fourth-order valence-corrected chi connectivity index (χ4v) is 14.7. The number of rotatable bonds is 20. The number of carbonyl (C=O) groups is 4. The number of aliphatic hydroxyl groups is 2. The lowest BCUT2D eigenvalue weighted by molar-refractivity contribution is 0.0714. The Morgan fingerprint density at radius 1 is 0.662 bits per heavy atom. The van der Waals surface area contributed by atoms with E-state index >= 15 is 0 Å². The maximum atomic E-state index is 13.5. The topological polar surface area (TPSA) is 309 Å². The van der Waals surface area contributed by atoms with E-state index in [0.29, 0.717) is 60.8 Å². The van der Waals surface area contributed by atoms with Crippen LogP contribution in [0, 0.1) is 22.7 Å². The molecule has 22 nitrogen and oxygen atoms in total. The predicted molar refractivity (Wildman–Crippen MR) is 267 cm³/mol. The lowest BCUT2D eigenvalue weighted by Gasteiger charge is -2.35. The standard InChI is InChI=1S/2C25H31N5O6S/c2*1-24(15-31,16-36-3)37(34,35)25(9-10-25)14-30-11-8-19-20(28-29(2)21(19)23(30)33)22(32)27-13-18-6-4-17(12-26)5-7-18/h2*4-7,31H,8-11,13-16H2,1-3H3,(H,27,32). The summed E-state index contributed by atoms with van der Waals surface area (Å²) < 4.78 is 61.7. The molecule has 0 bridgehead atoms. The molecule has 2 aromatic carbocycles. The van der Waals surface area contributed by atoms with Crippen molar-refractivity contribution in [1.82, 2.24) is 40.0 Å². The van der Waals surface area contributed by atoms with Gasteiger partial charge in [-0.05, 0) is 87.8 Å². The van der Waals surface area contributed by atoms with Crippen LogP contribution in [0.3, 0.4) is 0 Å². The summed E-state index contributed by atoms with van der Waals surface area (Å²) in [5.74, 6) is -1.58. The Bertz CT molecular complexity index is 2920. The van der Waals surface area contributed by atoms with Crippen molar-refractivity contribution >= 4 is 43.3 Å². The van der Waals surface area contributed by atoms with Gasteiger partial charge in [-0.2, -0.15) is 20.7 Å². The highest BCUT2D eigenvalue weighted by molar-refractivity contribution is 7.94. The highest BCUT2D eigenvalue weighted by Crippen LogP contribution is 2.50. The van der Waals surface area contributed by atoms with Crippen LogP contribution in [-0.2, 0) is 69.2 Å². The van der Waals surface area contributed by atoms with Gasteiger partial charge in [-0.15, -0.1) is 0 Å². The van der Waals surface area contributed by atoms with Gasteiger partial charge < -0.3 is 40.1 Å². The van der Waals surface area contributed by atoms with Crippen LogP contribution in [0.25, 0.3) is 0 Å². The average molecular weight is 1060 g/mol. The molecule has 4 aromatic rings. The van der Waals surface area contributed by atoms with Gasteiger partial charge in [-0.3, -0.25) is 28.5 Å². The van der Waals surface area contributed by atoms with Gasteiger partial charge in [0.15, 0.2) is 31.1 Å². The van der Waals surface area contributed by atoms with Crippen LogP contribution in [-0.4, -0.2) is 166 Å². The van der Waals surface area contributed by atoms with Crippen LogP contribution in [0.15, 0.2) is 48.5 Å². The number of benzene rings is 2. The molecule has 2 aromatic heterocycles. The van der Waals surface area contributed by atoms with E-state index < -0.39 is 63.7 Å². The summed E-state index contributed by atoms with van der Waals surface area (Å²) in [5.41, 5.74) is 4.63. The first-order valence-corrected chi connectivity index (χ1v) is 26.9. The molecule has 24 heteroatoms. The van der Waals surface area contributed by atoms with E-state index in [-0.39, 0.29) is 87.1 Å². The van der Waals surface area contributed by atoms with Crippen molar-refractivity contribution < 1.29 is 55.7 Å².